The third-order valence-electron chi connectivity index (χ3n) is 6.03. The Balaban J connectivity index is 1.40. The minimum atomic E-state index is 0.0703. The van der Waals surface area contributed by atoms with Crippen LogP contribution in [0.2, 0.25) is 0 Å². The molecule has 21 heavy (non-hydrogen) atoms. The van der Waals surface area contributed by atoms with Crippen LogP contribution in [0.5, 0.6) is 0 Å². The second-order valence-corrected chi connectivity index (χ2v) is 7.40. The number of piperidine rings is 1. The summed E-state index contributed by atoms with van der Waals surface area (Å²) in [6.45, 7) is 5.39. The SMILES string of the molecule is OCC1(CNC2CCN(C3CCCC3)CC2)CCOCC1. The van der Waals surface area contributed by atoms with E-state index in [1.165, 1.54) is 51.6 Å². The van der Waals surface area contributed by atoms with Gasteiger partial charge in [-0.15, -0.1) is 0 Å². The van der Waals surface area contributed by atoms with Gasteiger partial charge in [0.25, 0.3) is 0 Å². The van der Waals surface area contributed by atoms with Crippen LogP contribution < -0.4 is 5.32 Å². The molecule has 3 rings (SSSR count). The van der Waals surface area contributed by atoms with Gasteiger partial charge in [0, 0.05) is 37.3 Å². The van der Waals surface area contributed by atoms with Crippen LogP contribution in [-0.4, -0.2) is 61.5 Å². The molecule has 3 fully saturated rings. The lowest BCUT2D eigenvalue weighted by molar-refractivity contribution is -0.0177. The Labute approximate surface area is 129 Å². The highest BCUT2D eigenvalue weighted by Crippen LogP contribution is 2.30. The van der Waals surface area contributed by atoms with Crippen molar-refractivity contribution in [2.75, 3.05) is 39.5 Å². The predicted molar refractivity (Wildman–Crippen MR) is 84.4 cm³/mol. The number of aliphatic hydroxyl groups is 1. The van der Waals surface area contributed by atoms with Gasteiger partial charge in [-0.1, -0.05) is 12.8 Å². The highest BCUT2D eigenvalue weighted by Gasteiger charge is 2.33. The molecule has 3 aliphatic rings. The quantitative estimate of drug-likeness (QED) is 0.812. The van der Waals surface area contributed by atoms with E-state index in [0.29, 0.717) is 12.6 Å². The number of nitrogens with zero attached hydrogens (tertiary/aromatic N) is 1. The molecule has 1 saturated carbocycles. The lowest BCUT2D eigenvalue weighted by Crippen LogP contribution is -2.50. The summed E-state index contributed by atoms with van der Waals surface area (Å²) in [5, 5.41) is 13.5. The van der Waals surface area contributed by atoms with Gasteiger partial charge in [-0.25, -0.2) is 0 Å². The molecule has 0 unspecified atom stereocenters. The first kappa shape index (κ1) is 15.7. The van der Waals surface area contributed by atoms with Gasteiger partial charge in [0.1, 0.15) is 0 Å². The lowest BCUT2D eigenvalue weighted by atomic mass is 9.80. The normalized spacial score (nSPS) is 29.0. The van der Waals surface area contributed by atoms with Gasteiger partial charge in [0.2, 0.25) is 0 Å². The van der Waals surface area contributed by atoms with E-state index in [1.807, 2.05) is 0 Å². The number of hydrogen-bond acceptors (Lipinski definition) is 4. The fraction of sp³-hybridized carbons (Fsp3) is 1.00. The fourth-order valence-corrected chi connectivity index (χ4v) is 4.29. The standard InChI is InChI=1S/C17H32N2O2/c20-14-17(7-11-21-12-8-17)13-18-15-5-9-19(10-6-15)16-3-1-2-4-16/h15-16,18,20H,1-14H2. The maximum Gasteiger partial charge on any atom is 0.0501 e. The van der Waals surface area contributed by atoms with Crippen molar-refractivity contribution in [3.05, 3.63) is 0 Å². The van der Waals surface area contributed by atoms with Crippen LogP contribution in [0.25, 0.3) is 0 Å². The summed E-state index contributed by atoms with van der Waals surface area (Å²) >= 11 is 0. The molecule has 4 nitrogen and oxygen atoms in total. The number of ether oxygens (including phenoxy) is 1. The molecule has 2 aliphatic heterocycles. The van der Waals surface area contributed by atoms with Crippen molar-refractivity contribution in [2.24, 2.45) is 5.41 Å². The molecule has 0 atom stereocenters. The van der Waals surface area contributed by atoms with Crippen molar-refractivity contribution < 1.29 is 9.84 Å². The molecule has 0 amide bonds. The molecule has 2 saturated heterocycles. The van der Waals surface area contributed by atoms with Gasteiger partial charge in [-0.05, 0) is 51.6 Å². The summed E-state index contributed by atoms with van der Waals surface area (Å²) < 4.78 is 5.44. The van der Waals surface area contributed by atoms with E-state index >= 15 is 0 Å². The van der Waals surface area contributed by atoms with Crippen LogP contribution >= 0.6 is 0 Å². The Hall–Kier alpha value is -0.160. The molecule has 2 heterocycles. The molecule has 4 heteroatoms. The maximum atomic E-state index is 9.75. The molecule has 0 aromatic rings. The zero-order chi connectivity index (χ0) is 14.5. The van der Waals surface area contributed by atoms with Gasteiger partial charge in [-0.2, -0.15) is 0 Å². The summed E-state index contributed by atoms with van der Waals surface area (Å²) in [4.78, 5) is 2.72. The maximum absolute atomic E-state index is 9.75. The third-order valence-corrected chi connectivity index (χ3v) is 6.03. The van der Waals surface area contributed by atoms with E-state index in [1.54, 1.807) is 0 Å². The molecule has 122 valence electrons. The Bertz CT molecular complexity index is 304. The highest BCUT2D eigenvalue weighted by atomic mass is 16.5. The van der Waals surface area contributed by atoms with Crippen molar-refractivity contribution in [3.8, 4) is 0 Å². The van der Waals surface area contributed by atoms with E-state index < -0.39 is 0 Å². The summed E-state index contributed by atoms with van der Waals surface area (Å²) in [7, 11) is 0. The third kappa shape index (κ3) is 3.98. The summed E-state index contributed by atoms with van der Waals surface area (Å²) in [5.41, 5.74) is 0.0703. The Morgan fingerprint density at radius 1 is 1.05 bits per heavy atom. The van der Waals surface area contributed by atoms with E-state index in [4.69, 9.17) is 4.74 Å². The van der Waals surface area contributed by atoms with Crippen LogP contribution in [0.1, 0.15) is 51.4 Å². The number of nitrogens with one attached hydrogen (secondary N) is 1. The number of hydrogen-bond donors (Lipinski definition) is 2. The van der Waals surface area contributed by atoms with Gasteiger partial charge in [-0.3, -0.25) is 0 Å². The van der Waals surface area contributed by atoms with Gasteiger partial charge in [0.05, 0.1) is 6.61 Å². The second-order valence-electron chi connectivity index (χ2n) is 7.40. The van der Waals surface area contributed by atoms with E-state index in [0.717, 1.165) is 38.6 Å². The molecule has 0 aromatic carbocycles. The fourth-order valence-electron chi connectivity index (χ4n) is 4.29. The van der Waals surface area contributed by atoms with E-state index in [9.17, 15) is 5.11 Å². The molecule has 2 N–H and O–H groups in total. The average molecular weight is 296 g/mol. The Kier molecular flexibility index (Phi) is 5.54. The molecular weight excluding hydrogens is 264 g/mol. The van der Waals surface area contributed by atoms with Crippen molar-refractivity contribution in [1.29, 1.82) is 0 Å². The zero-order valence-corrected chi connectivity index (χ0v) is 13.4. The Morgan fingerprint density at radius 2 is 1.71 bits per heavy atom. The average Bonchev–Trinajstić information content (AvgIpc) is 3.09. The number of likely N-dealkylation sites (tertiary alicyclic amines) is 1. The van der Waals surface area contributed by atoms with Gasteiger partial charge in [0.15, 0.2) is 0 Å². The monoisotopic (exact) mass is 296 g/mol. The van der Waals surface area contributed by atoms with Crippen LogP contribution in [0.15, 0.2) is 0 Å². The Morgan fingerprint density at radius 3 is 2.33 bits per heavy atom. The lowest BCUT2D eigenvalue weighted by Gasteiger charge is -2.40. The molecule has 0 aromatic heterocycles. The van der Waals surface area contributed by atoms with Crippen LogP contribution in [-0.2, 0) is 4.74 Å². The van der Waals surface area contributed by atoms with E-state index in [-0.39, 0.29) is 5.41 Å². The van der Waals surface area contributed by atoms with Crippen LogP contribution in [0.3, 0.4) is 0 Å². The van der Waals surface area contributed by atoms with Crippen molar-refractivity contribution in [3.63, 3.8) is 0 Å². The largest absolute Gasteiger partial charge is 0.396 e. The first-order chi connectivity index (χ1) is 10.3. The first-order valence-electron chi connectivity index (χ1n) is 8.97. The summed E-state index contributed by atoms with van der Waals surface area (Å²) in [5.74, 6) is 0. The van der Waals surface area contributed by atoms with Crippen LogP contribution in [0, 0.1) is 5.41 Å². The van der Waals surface area contributed by atoms with Gasteiger partial charge < -0.3 is 20.1 Å². The predicted octanol–water partition coefficient (Wildman–Crippen LogP) is 1.77. The zero-order valence-electron chi connectivity index (χ0n) is 13.4. The smallest absolute Gasteiger partial charge is 0.0501 e. The number of rotatable bonds is 5. The minimum Gasteiger partial charge on any atom is -0.396 e. The molecule has 0 bridgehead atoms. The summed E-state index contributed by atoms with van der Waals surface area (Å²) in [6, 6.07) is 1.53. The topological polar surface area (TPSA) is 44.7 Å². The van der Waals surface area contributed by atoms with Crippen molar-refractivity contribution >= 4 is 0 Å². The minimum absolute atomic E-state index is 0.0703. The molecule has 0 spiro atoms. The molecular formula is C17H32N2O2. The van der Waals surface area contributed by atoms with Gasteiger partial charge >= 0.3 is 0 Å². The van der Waals surface area contributed by atoms with Crippen LogP contribution in [0.4, 0.5) is 0 Å². The van der Waals surface area contributed by atoms with Crippen molar-refractivity contribution in [2.45, 2.75) is 63.5 Å². The first-order valence-corrected chi connectivity index (χ1v) is 8.97. The summed E-state index contributed by atoms with van der Waals surface area (Å²) in [6.07, 6.45) is 10.3. The molecule has 0 radical (unpaired) electrons. The van der Waals surface area contributed by atoms with Crippen molar-refractivity contribution in [1.82, 2.24) is 10.2 Å². The van der Waals surface area contributed by atoms with E-state index in [2.05, 4.69) is 10.2 Å². The highest BCUT2D eigenvalue weighted by molar-refractivity contribution is 4.88. The second kappa shape index (κ2) is 7.40. The number of aliphatic hydroxyl groups excluding tert-OH is 1. The molecule has 1 aliphatic carbocycles.